The second-order valence-corrected chi connectivity index (χ2v) is 6.67. The smallest absolute Gasteiger partial charge is 0.222 e. The molecule has 3 rings (SSSR count). The predicted molar refractivity (Wildman–Crippen MR) is 91.7 cm³/mol. The van der Waals surface area contributed by atoms with Crippen LogP contribution < -0.4 is 4.74 Å². The summed E-state index contributed by atoms with van der Waals surface area (Å²) in [6.07, 6.45) is 6.78. The molecule has 1 aliphatic heterocycles. The summed E-state index contributed by atoms with van der Waals surface area (Å²) in [5.74, 6) is 1.16. The van der Waals surface area contributed by atoms with Crippen LogP contribution in [-0.2, 0) is 11.2 Å². The molecule has 0 radical (unpaired) electrons. The third-order valence-corrected chi connectivity index (χ3v) is 5.31. The van der Waals surface area contributed by atoms with Crippen LogP contribution in [-0.4, -0.2) is 55.0 Å². The largest absolute Gasteiger partial charge is 0.496 e. The van der Waals surface area contributed by atoms with E-state index in [2.05, 4.69) is 4.90 Å². The Balaban J connectivity index is 1.46. The highest BCUT2D eigenvalue weighted by atomic mass is 16.5. The Morgan fingerprint density at radius 1 is 1.13 bits per heavy atom. The van der Waals surface area contributed by atoms with Crippen LogP contribution in [0.25, 0.3) is 0 Å². The number of piperazine rings is 1. The molecule has 4 nitrogen and oxygen atoms in total. The molecule has 1 aromatic rings. The van der Waals surface area contributed by atoms with Crippen LogP contribution in [0, 0.1) is 0 Å². The number of aryl methyl sites for hydroxylation is 1. The fourth-order valence-electron chi connectivity index (χ4n) is 3.92. The average Bonchev–Trinajstić information content (AvgIpc) is 3.14. The molecule has 1 aromatic carbocycles. The third kappa shape index (κ3) is 4.05. The number of carbonyl (C=O) groups excluding carboxylic acids is 1. The standard InChI is InChI=1S/C19H28N2O2/c1-23-18-9-5-2-6-16(18)10-11-19(22)21-14-12-20(13-15-21)17-7-3-4-8-17/h2,5-6,9,17H,3-4,7-8,10-15H2,1H3. The van der Waals surface area contributed by atoms with E-state index in [0.717, 1.165) is 50.0 Å². The van der Waals surface area contributed by atoms with Gasteiger partial charge in [0.2, 0.25) is 5.91 Å². The molecule has 0 bridgehead atoms. The molecular weight excluding hydrogens is 288 g/mol. The van der Waals surface area contributed by atoms with Gasteiger partial charge in [-0.25, -0.2) is 0 Å². The molecule has 23 heavy (non-hydrogen) atoms. The van der Waals surface area contributed by atoms with Crippen molar-refractivity contribution in [2.45, 2.75) is 44.6 Å². The van der Waals surface area contributed by atoms with Crippen LogP contribution in [0.3, 0.4) is 0 Å². The number of benzene rings is 1. The monoisotopic (exact) mass is 316 g/mol. The minimum Gasteiger partial charge on any atom is -0.496 e. The van der Waals surface area contributed by atoms with Gasteiger partial charge in [-0.1, -0.05) is 31.0 Å². The normalized spacial score (nSPS) is 20.0. The summed E-state index contributed by atoms with van der Waals surface area (Å²) in [6.45, 7) is 3.87. The number of amides is 1. The predicted octanol–water partition coefficient (Wildman–Crippen LogP) is 2.71. The van der Waals surface area contributed by atoms with Crippen molar-refractivity contribution in [3.63, 3.8) is 0 Å². The van der Waals surface area contributed by atoms with E-state index in [1.165, 1.54) is 25.7 Å². The molecule has 1 amide bonds. The molecule has 0 aromatic heterocycles. The Morgan fingerprint density at radius 2 is 1.83 bits per heavy atom. The van der Waals surface area contributed by atoms with Crippen LogP contribution in [0.4, 0.5) is 0 Å². The first kappa shape index (κ1) is 16.3. The Bertz CT molecular complexity index is 518. The number of hydrogen-bond acceptors (Lipinski definition) is 3. The van der Waals surface area contributed by atoms with Gasteiger partial charge in [-0.05, 0) is 30.9 Å². The Kier molecular flexibility index (Phi) is 5.55. The fourth-order valence-corrected chi connectivity index (χ4v) is 3.92. The summed E-state index contributed by atoms with van der Waals surface area (Å²) in [6, 6.07) is 8.75. The topological polar surface area (TPSA) is 32.8 Å². The van der Waals surface area contributed by atoms with E-state index in [9.17, 15) is 4.79 Å². The number of methoxy groups -OCH3 is 1. The van der Waals surface area contributed by atoms with Gasteiger partial charge in [0.1, 0.15) is 5.75 Å². The third-order valence-electron chi connectivity index (χ3n) is 5.31. The molecule has 0 spiro atoms. The molecule has 4 heteroatoms. The van der Waals surface area contributed by atoms with Crippen molar-refractivity contribution in [3.8, 4) is 5.75 Å². The lowest BCUT2D eigenvalue weighted by Gasteiger charge is -2.38. The van der Waals surface area contributed by atoms with Gasteiger partial charge in [-0.2, -0.15) is 0 Å². The van der Waals surface area contributed by atoms with Gasteiger partial charge in [-0.15, -0.1) is 0 Å². The van der Waals surface area contributed by atoms with Crippen molar-refractivity contribution in [3.05, 3.63) is 29.8 Å². The van der Waals surface area contributed by atoms with E-state index in [1.54, 1.807) is 7.11 Å². The van der Waals surface area contributed by atoms with Crippen molar-refractivity contribution < 1.29 is 9.53 Å². The zero-order valence-electron chi connectivity index (χ0n) is 14.2. The summed E-state index contributed by atoms with van der Waals surface area (Å²) in [4.78, 5) is 17.1. The van der Waals surface area contributed by atoms with Gasteiger partial charge < -0.3 is 9.64 Å². The molecule has 0 atom stereocenters. The summed E-state index contributed by atoms with van der Waals surface area (Å²) in [7, 11) is 1.68. The number of ether oxygens (including phenoxy) is 1. The summed E-state index contributed by atoms with van der Waals surface area (Å²) >= 11 is 0. The quantitative estimate of drug-likeness (QED) is 0.837. The first-order chi connectivity index (χ1) is 11.3. The van der Waals surface area contributed by atoms with E-state index in [-0.39, 0.29) is 5.91 Å². The highest BCUT2D eigenvalue weighted by molar-refractivity contribution is 5.76. The van der Waals surface area contributed by atoms with Crippen LogP contribution in [0.5, 0.6) is 5.75 Å². The van der Waals surface area contributed by atoms with E-state index in [0.29, 0.717) is 6.42 Å². The minimum absolute atomic E-state index is 0.280. The maximum Gasteiger partial charge on any atom is 0.222 e. The zero-order valence-corrected chi connectivity index (χ0v) is 14.2. The lowest BCUT2D eigenvalue weighted by molar-refractivity contribution is -0.133. The SMILES string of the molecule is COc1ccccc1CCC(=O)N1CCN(C2CCCC2)CC1. The first-order valence-electron chi connectivity index (χ1n) is 8.91. The highest BCUT2D eigenvalue weighted by Crippen LogP contribution is 2.24. The van der Waals surface area contributed by atoms with Gasteiger partial charge in [0.05, 0.1) is 7.11 Å². The van der Waals surface area contributed by atoms with Crippen LogP contribution >= 0.6 is 0 Å². The van der Waals surface area contributed by atoms with Crippen LogP contribution in [0.1, 0.15) is 37.7 Å². The molecule has 126 valence electrons. The first-order valence-corrected chi connectivity index (χ1v) is 8.91. The van der Waals surface area contributed by atoms with Crippen LogP contribution in [0.2, 0.25) is 0 Å². The molecule has 1 saturated carbocycles. The molecule has 1 aliphatic carbocycles. The van der Waals surface area contributed by atoms with Gasteiger partial charge in [0, 0.05) is 38.6 Å². The lowest BCUT2D eigenvalue weighted by atomic mass is 10.1. The van der Waals surface area contributed by atoms with Gasteiger partial charge >= 0.3 is 0 Å². The second-order valence-electron chi connectivity index (χ2n) is 6.67. The lowest BCUT2D eigenvalue weighted by Crippen LogP contribution is -2.51. The number of para-hydroxylation sites is 1. The van der Waals surface area contributed by atoms with Crippen LogP contribution in [0.15, 0.2) is 24.3 Å². The second kappa shape index (κ2) is 7.82. The zero-order chi connectivity index (χ0) is 16.1. The van der Waals surface area contributed by atoms with Crippen molar-refractivity contribution in [2.75, 3.05) is 33.3 Å². The molecule has 2 fully saturated rings. The fraction of sp³-hybridized carbons (Fsp3) is 0.632. The summed E-state index contributed by atoms with van der Waals surface area (Å²) < 4.78 is 5.36. The summed E-state index contributed by atoms with van der Waals surface area (Å²) in [5, 5.41) is 0. The van der Waals surface area contributed by atoms with Crippen molar-refractivity contribution in [2.24, 2.45) is 0 Å². The Hall–Kier alpha value is -1.55. The number of rotatable bonds is 5. The number of hydrogen-bond donors (Lipinski definition) is 0. The number of carbonyl (C=O) groups is 1. The van der Waals surface area contributed by atoms with E-state index >= 15 is 0 Å². The van der Waals surface area contributed by atoms with Crippen molar-refractivity contribution >= 4 is 5.91 Å². The molecule has 2 aliphatic rings. The highest BCUT2D eigenvalue weighted by Gasteiger charge is 2.27. The van der Waals surface area contributed by atoms with Gasteiger partial charge in [0.15, 0.2) is 0 Å². The van der Waals surface area contributed by atoms with Gasteiger partial charge in [-0.3, -0.25) is 9.69 Å². The number of nitrogens with zero attached hydrogens (tertiary/aromatic N) is 2. The Morgan fingerprint density at radius 3 is 2.52 bits per heavy atom. The molecular formula is C19H28N2O2. The maximum atomic E-state index is 12.5. The molecule has 0 N–H and O–H groups in total. The van der Waals surface area contributed by atoms with Crippen molar-refractivity contribution in [1.29, 1.82) is 0 Å². The van der Waals surface area contributed by atoms with Gasteiger partial charge in [0.25, 0.3) is 0 Å². The summed E-state index contributed by atoms with van der Waals surface area (Å²) in [5.41, 5.74) is 1.12. The molecule has 1 heterocycles. The average molecular weight is 316 g/mol. The Labute approximate surface area is 139 Å². The minimum atomic E-state index is 0.280. The molecule has 1 saturated heterocycles. The van der Waals surface area contributed by atoms with E-state index < -0.39 is 0 Å². The van der Waals surface area contributed by atoms with Crippen molar-refractivity contribution in [1.82, 2.24) is 9.80 Å². The van der Waals surface area contributed by atoms with E-state index in [1.807, 2.05) is 29.2 Å². The maximum absolute atomic E-state index is 12.5. The van der Waals surface area contributed by atoms with E-state index in [4.69, 9.17) is 4.74 Å². The molecule has 0 unspecified atom stereocenters.